The van der Waals surface area contributed by atoms with E-state index < -0.39 is 0 Å². The van der Waals surface area contributed by atoms with Crippen LogP contribution in [-0.4, -0.2) is 47.8 Å². The Balaban J connectivity index is 1.47. The van der Waals surface area contributed by atoms with E-state index in [4.69, 9.17) is 21.8 Å². The number of primary amides is 1. The molecule has 0 aliphatic carbocycles. The highest BCUT2D eigenvalue weighted by Gasteiger charge is 2.44. The number of benzene rings is 1. The summed E-state index contributed by atoms with van der Waals surface area (Å²) in [6.07, 6.45) is 1.81. The maximum atomic E-state index is 12.8. The number of likely N-dealkylation sites (tertiary alicyclic amines) is 2. The SMILES string of the molecule is Cc1ccc(C(CC(N)=O)N2CC3CN(C(=O)c4occc4C)CC3C2)cc1Cl. The monoisotopic (exact) mass is 415 g/mol. The van der Waals surface area contributed by atoms with Gasteiger partial charge in [-0.15, -0.1) is 0 Å². The summed E-state index contributed by atoms with van der Waals surface area (Å²) < 4.78 is 5.38. The van der Waals surface area contributed by atoms with Gasteiger partial charge in [0.25, 0.3) is 5.91 Å². The molecule has 2 aromatic rings. The number of halogens is 1. The smallest absolute Gasteiger partial charge is 0.289 e. The van der Waals surface area contributed by atoms with Crippen molar-refractivity contribution in [3.05, 3.63) is 58.0 Å². The van der Waals surface area contributed by atoms with Crippen LogP contribution in [0.4, 0.5) is 0 Å². The fraction of sp³-hybridized carbons (Fsp3) is 0.455. The molecule has 3 heterocycles. The lowest BCUT2D eigenvalue weighted by Crippen LogP contribution is -2.36. The Bertz CT molecular complexity index is 927. The number of carbonyl (C=O) groups is 2. The van der Waals surface area contributed by atoms with Crippen LogP contribution in [0.25, 0.3) is 0 Å². The number of aryl methyl sites for hydroxylation is 2. The van der Waals surface area contributed by atoms with Crippen LogP contribution < -0.4 is 5.73 Å². The Labute approximate surface area is 175 Å². The Kier molecular flexibility index (Phi) is 5.40. The van der Waals surface area contributed by atoms with Crippen molar-refractivity contribution in [1.29, 1.82) is 0 Å². The van der Waals surface area contributed by atoms with Crippen LogP contribution in [-0.2, 0) is 4.79 Å². The Morgan fingerprint density at radius 3 is 2.38 bits per heavy atom. The molecule has 0 radical (unpaired) electrons. The highest BCUT2D eigenvalue weighted by Crippen LogP contribution is 2.38. The molecule has 2 aliphatic rings. The number of rotatable bonds is 5. The Morgan fingerprint density at radius 1 is 1.14 bits per heavy atom. The van der Waals surface area contributed by atoms with Gasteiger partial charge in [-0.1, -0.05) is 23.7 Å². The second-order valence-corrected chi connectivity index (χ2v) is 8.72. The van der Waals surface area contributed by atoms with Crippen LogP contribution >= 0.6 is 11.6 Å². The van der Waals surface area contributed by atoms with Crippen molar-refractivity contribution in [3.63, 3.8) is 0 Å². The van der Waals surface area contributed by atoms with E-state index in [-0.39, 0.29) is 24.3 Å². The van der Waals surface area contributed by atoms with Crippen LogP contribution in [0.5, 0.6) is 0 Å². The van der Waals surface area contributed by atoms with E-state index in [1.54, 1.807) is 6.26 Å². The number of nitrogens with zero attached hydrogens (tertiary/aromatic N) is 2. The van der Waals surface area contributed by atoms with Crippen molar-refractivity contribution in [2.45, 2.75) is 26.3 Å². The molecule has 2 N–H and O–H groups in total. The normalized spacial score (nSPS) is 22.7. The van der Waals surface area contributed by atoms with Crippen molar-refractivity contribution in [2.24, 2.45) is 17.6 Å². The molecule has 2 aliphatic heterocycles. The third-order valence-corrected chi connectivity index (χ3v) is 6.68. The number of carbonyl (C=O) groups excluding carboxylic acids is 2. The van der Waals surface area contributed by atoms with Gasteiger partial charge in [-0.3, -0.25) is 14.5 Å². The molecule has 0 spiro atoms. The average Bonchev–Trinajstić information content (AvgIpc) is 3.35. The minimum absolute atomic E-state index is 0.0348. The summed E-state index contributed by atoms with van der Waals surface area (Å²) in [6, 6.07) is 7.67. The molecule has 1 aromatic carbocycles. The first-order chi connectivity index (χ1) is 13.8. The van der Waals surface area contributed by atoms with Crippen LogP contribution in [0.3, 0.4) is 0 Å². The Morgan fingerprint density at radius 2 is 1.83 bits per heavy atom. The summed E-state index contributed by atoms with van der Waals surface area (Å²) in [5.74, 6) is 0.833. The molecule has 0 bridgehead atoms. The predicted molar refractivity (Wildman–Crippen MR) is 111 cm³/mol. The molecule has 0 saturated carbocycles. The van der Waals surface area contributed by atoms with Gasteiger partial charge < -0.3 is 15.1 Å². The van der Waals surface area contributed by atoms with Gasteiger partial charge in [-0.05, 0) is 48.9 Å². The zero-order chi connectivity index (χ0) is 20.7. The molecule has 6 nitrogen and oxygen atoms in total. The molecular formula is C22H26ClN3O3. The van der Waals surface area contributed by atoms with Crippen molar-refractivity contribution in [3.8, 4) is 0 Å². The molecule has 3 unspecified atom stereocenters. The van der Waals surface area contributed by atoms with Gasteiger partial charge in [-0.2, -0.15) is 0 Å². The largest absolute Gasteiger partial charge is 0.459 e. The summed E-state index contributed by atoms with van der Waals surface area (Å²) in [5, 5.41) is 0.696. The van der Waals surface area contributed by atoms with E-state index in [1.165, 1.54) is 0 Å². The highest BCUT2D eigenvalue weighted by atomic mass is 35.5. The average molecular weight is 416 g/mol. The highest BCUT2D eigenvalue weighted by molar-refractivity contribution is 6.31. The fourth-order valence-electron chi connectivity index (χ4n) is 4.65. The van der Waals surface area contributed by atoms with Gasteiger partial charge in [0, 0.05) is 49.2 Å². The topological polar surface area (TPSA) is 79.8 Å². The van der Waals surface area contributed by atoms with E-state index in [2.05, 4.69) is 4.90 Å². The lowest BCUT2D eigenvalue weighted by Gasteiger charge is -2.29. The first kappa shape index (κ1) is 20.0. The number of furan rings is 1. The number of fused-ring (bicyclic) bond motifs is 1. The van der Waals surface area contributed by atoms with E-state index in [1.807, 2.05) is 43.0 Å². The van der Waals surface area contributed by atoms with Crippen molar-refractivity contribution < 1.29 is 14.0 Å². The van der Waals surface area contributed by atoms with E-state index in [0.29, 0.717) is 35.7 Å². The minimum atomic E-state index is -0.325. The maximum Gasteiger partial charge on any atom is 0.289 e. The molecule has 2 amide bonds. The lowest BCUT2D eigenvalue weighted by atomic mass is 10.0. The zero-order valence-electron chi connectivity index (χ0n) is 16.7. The van der Waals surface area contributed by atoms with Gasteiger partial charge >= 0.3 is 0 Å². The second-order valence-electron chi connectivity index (χ2n) is 8.31. The quantitative estimate of drug-likeness (QED) is 0.813. The summed E-state index contributed by atoms with van der Waals surface area (Å²) in [7, 11) is 0. The number of amides is 2. The molecule has 3 atom stereocenters. The first-order valence-corrected chi connectivity index (χ1v) is 10.3. The van der Waals surface area contributed by atoms with Crippen LogP contribution in [0.2, 0.25) is 5.02 Å². The van der Waals surface area contributed by atoms with Gasteiger partial charge in [0.05, 0.1) is 6.26 Å². The van der Waals surface area contributed by atoms with E-state index in [0.717, 1.165) is 29.8 Å². The summed E-state index contributed by atoms with van der Waals surface area (Å²) in [6.45, 7) is 6.92. The van der Waals surface area contributed by atoms with Crippen LogP contribution in [0.15, 0.2) is 34.9 Å². The zero-order valence-corrected chi connectivity index (χ0v) is 17.5. The molecular weight excluding hydrogens is 390 g/mol. The molecule has 154 valence electrons. The molecule has 7 heteroatoms. The van der Waals surface area contributed by atoms with Gasteiger partial charge in [0.15, 0.2) is 5.76 Å². The van der Waals surface area contributed by atoms with Gasteiger partial charge in [-0.25, -0.2) is 0 Å². The molecule has 29 heavy (non-hydrogen) atoms. The summed E-state index contributed by atoms with van der Waals surface area (Å²) in [4.78, 5) is 28.7. The lowest BCUT2D eigenvalue weighted by molar-refractivity contribution is -0.119. The van der Waals surface area contributed by atoms with E-state index >= 15 is 0 Å². The maximum absolute atomic E-state index is 12.8. The second kappa shape index (κ2) is 7.84. The van der Waals surface area contributed by atoms with E-state index in [9.17, 15) is 9.59 Å². The first-order valence-electron chi connectivity index (χ1n) is 9.95. The van der Waals surface area contributed by atoms with Gasteiger partial charge in [0.1, 0.15) is 0 Å². The molecule has 2 fully saturated rings. The molecule has 4 rings (SSSR count). The fourth-order valence-corrected chi connectivity index (χ4v) is 4.84. The van der Waals surface area contributed by atoms with Gasteiger partial charge in [0.2, 0.25) is 5.91 Å². The minimum Gasteiger partial charge on any atom is -0.459 e. The third kappa shape index (κ3) is 3.91. The molecule has 2 saturated heterocycles. The Hall–Kier alpha value is -2.31. The van der Waals surface area contributed by atoms with Crippen LogP contribution in [0.1, 0.15) is 39.7 Å². The summed E-state index contributed by atoms with van der Waals surface area (Å²) in [5.41, 5.74) is 8.44. The standard InChI is InChI=1S/C22H26ClN3O3/c1-13-3-4-15(7-18(13)23)19(8-20(24)27)25-9-16-11-26(12-17(16)10-25)22(28)21-14(2)5-6-29-21/h3-7,16-17,19H,8-12H2,1-2H3,(H2,24,27). The number of hydrogen-bond donors (Lipinski definition) is 1. The third-order valence-electron chi connectivity index (χ3n) is 6.27. The number of hydrogen-bond acceptors (Lipinski definition) is 4. The van der Waals surface area contributed by atoms with Crippen molar-refractivity contribution >= 4 is 23.4 Å². The molecule has 1 aromatic heterocycles. The summed E-state index contributed by atoms with van der Waals surface area (Å²) >= 11 is 6.32. The van der Waals surface area contributed by atoms with Crippen LogP contribution in [0, 0.1) is 25.7 Å². The number of nitrogens with two attached hydrogens (primary N) is 1. The predicted octanol–water partition coefficient (Wildman–Crippen LogP) is 3.17. The van der Waals surface area contributed by atoms with Crippen molar-refractivity contribution in [1.82, 2.24) is 9.80 Å². The van der Waals surface area contributed by atoms with Crippen molar-refractivity contribution in [2.75, 3.05) is 26.2 Å².